The van der Waals surface area contributed by atoms with Gasteiger partial charge in [-0.25, -0.2) is 4.39 Å². The van der Waals surface area contributed by atoms with E-state index in [1.54, 1.807) is 31.2 Å². The third kappa shape index (κ3) is 2.38. The molecule has 0 bridgehead atoms. The van der Waals surface area contributed by atoms with Gasteiger partial charge in [-0.15, -0.1) is 0 Å². The highest BCUT2D eigenvalue weighted by molar-refractivity contribution is 6.21. The van der Waals surface area contributed by atoms with E-state index in [1.165, 1.54) is 4.90 Å². The molecule has 0 radical (unpaired) electrons. The van der Waals surface area contributed by atoms with Crippen molar-refractivity contribution in [3.8, 4) is 0 Å². The molecule has 2 aliphatic heterocycles. The third-order valence-electron chi connectivity index (χ3n) is 4.09. The normalized spacial score (nSPS) is 24.3. The number of halogens is 1. The Kier molecular flexibility index (Phi) is 3.59. The minimum Gasteiger partial charge on any atom is -0.313 e. The summed E-state index contributed by atoms with van der Waals surface area (Å²) in [6.07, 6.45) is -0.412. The molecule has 2 amide bonds. The SMILES string of the molecule is CC(CN1C(=O)c2ccccc2C1=O)=C1CCNCC1F. The van der Waals surface area contributed by atoms with Crippen LogP contribution in [0.25, 0.3) is 0 Å². The van der Waals surface area contributed by atoms with Crippen LogP contribution in [0.15, 0.2) is 35.4 Å². The fraction of sp³-hybridized carbons (Fsp3) is 0.375. The van der Waals surface area contributed by atoms with Gasteiger partial charge < -0.3 is 5.32 Å². The van der Waals surface area contributed by atoms with Gasteiger partial charge in [0.25, 0.3) is 11.8 Å². The van der Waals surface area contributed by atoms with E-state index in [-0.39, 0.29) is 18.4 Å². The van der Waals surface area contributed by atoms with Crippen LogP contribution in [-0.4, -0.2) is 42.5 Å². The highest BCUT2D eigenvalue weighted by atomic mass is 19.1. The Bertz CT molecular complexity index is 604. The minimum absolute atomic E-state index is 0.169. The summed E-state index contributed by atoms with van der Waals surface area (Å²) in [6, 6.07) is 6.79. The fourth-order valence-corrected chi connectivity index (χ4v) is 2.93. The molecule has 2 heterocycles. The highest BCUT2D eigenvalue weighted by Gasteiger charge is 2.35. The van der Waals surface area contributed by atoms with Crippen molar-refractivity contribution in [3.63, 3.8) is 0 Å². The number of carbonyl (C=O) groups excluding carboxylic acids is 2. The van der Waals surface area contributed by atoms with Gasteiger partial charge in [-0.05, 0) is 37.6 Å². The Morgan fingerprint density at radius 2 is 1.90 bits per heavy atom. The summed E-state index contributed by atoms with van der Waals surface area (Å²) in [5, 5.41) is 2.99. The van der Waals surface area contributed by atoms with Gasteiger partial charge in [0.15, 0.2) is 0 Å². The maximum absolute atomic E-state index is 13.9. The van der Waals surface area contributed by atoms with E-state index < -0.39 is 6.17 Å². The zero-order valence-electron chi connectivity index (χ0n) is 11.9. The number of piperidine rings is 1. The largest absolute Gasteiger partial charge is 0.313 e. The van der Waals surface area contributed by atoms with Gasteiger partial charge in [0, 0.05) is 6.54 Å². The van der Waals surface area contributed by atoms with Crippen LogP contribution in [0.5, 0.6) is 0 Å². The number of carbonyl (C=O) groups is 2. The predicted octanol–water partition coefficient (Wildman–Crippen LogP) is 1.93. The smallest absolute Gasteiger partial charge is 0.261 e. The molecule has 1 aromatic carbocycles. The standard InChI is InChI=1S/C16H17FN2O2/c1-10(11-6-7-18-8-14(11)17)9-19-15(20)12-4-2-3-5-13(12)16(19)21/h2-5,14,18H,6-9H2,1H3. The number of imide groups is 1. The first kappa shape index (κ1) is 13.9. The first-order chi connectivity index (χ1) is 10.1. The molecule has 3 rings (SSSR count). The number of nitrogens with zero attached hydrogens (tertiary/aromatic N) is 1. The van der Waals surface area contributed by atoms with Crippen molar-refractivity contribution in [3.05, 3.63) is 46.5 Å². The maximum Gasteiger partial charge on any atom is 0.261 e. The van der Waals surface area contributed by atoms with Crippen LogP contribution >= 0.6 is 0 Å². The zero-order chi connectivity index (χ0) is 15.0. The second-order valence-corrected chi connectivity index (χ2v) is 5.47. The summed E-state index contributed by atoms with van der Waals surface area (Å²) in [7, 11) is 0. The van der Waals surface area contributed by atoms with E-state index in [1.807, 2.05) is 0 Å². The second-order valence-electron chi connectivity index (χ2n) is 5.47. The van der Waals surface area contributed by atoms with Crippen molar-refractivity contribution >= 4 is 11.8 Å². The molecule has 1 fully saturated rings. The molecule has 110 valence electrons. The van der Waals surface area contributed by atoms with Crippen LogP contribution in [0, 0.1) is 0 Å². The minimum atomic E-state index is -1.03. The van der Waals surface area contributed by atoms with Gasteiger partial charge in [0.05, 0.1) is 17.7 Å². The van der Waals surface area contributed by atoms with Crippen LogP contribution < -0.4 is 5.32 Å². The van der Waals surface area contributed by atoms with Gasteiger partial charge in [0.2, 0.25) is 0 Å². The zero-order valence-corrected chi connectivity index (χ0v) is 11.9. The molecule has 0 aliphatic carbocycles. The average molecular weight is 288 g/mol. The molecule has 0 spiro atoms. The lowest BCUT2D eigenvalue weighted by Gasteiger charge is -2.24. The molecule has 4 nitrogen and oxygen atoms in total. The van der Waals surface area contributed by atoms with Gasteiger partial charge in [-0.3, -0.25) is 14.5 Å². The van der Waals surface area contributed by atoms with Crippen LogP contribution in [0.3, 0.4) is 0 Å². The van der Waals surface area contributed by atoms with Gasteiger partial charge >= 0.3 is 0 Å². The van der Waals surface area contributed by atoms with E-state index in [2.05, 4.69) is 5.32 Å². The number of rotatable bonds is 2. The van der Waals surface area contributed by atoms with Gasteiger partial charge in [-0.2, -0.15) is 0 Å². The van der Waals surface area contributed by atoms with Gasteiger partial charge in [-0.1, -0.05) is 17.7 Å². The molecular formula is C16H17FN2O2. The molecule has 1 atom stereocenters. The molecule has 2 aliphatic rings. The first-order valence-corrected chi connectivity index (χ1v) is 7.08. The van der Waals surface area contributed by atoms with Crippen LogP contribution in [-0.2, 0) is 0 Å². The number of amides is 2. The Hall–Kier alpha value is -2.01. The fourth-order valence-electron chi connectivity index (χ4n) is 2.93. The summed E-state index contributed by atoms with van der Waals surface area (Å²) >= 11 is 0. The van der Waals surface area contributed by atoms with Crippen molar-refractivity contribution in [1.82, 2.24) is 10.2 Å². The van der Waals surface area contributed by atoms with E-state index in [0.29, 0.717) is 29.7 Å². The number of hydrogen-bond acceptors (Lipinski definition) is 3. The second kappa shape index (κ2) is 5.41. The summed E-state index contributed by atoms with van der Waals surface area (Å²) in [5.41, 5.74) is 2.36. The lowest BCUT2D eigenvalue weighted by atomic mass is 9.98. The van der Waals surface area contributed by atoms with Crippen molar-refractivity contribution in [2.24, 2.45) is 0 Å². The Morgan fingerprint density at radius 3 is 2.48 bits per heavy atom. The summed E-state index contributed by atoms with van der Waals surface area (Å²) in [5.74, 6) is -0.584. The number of fused-ring (bicyclic) bond motifs is 1. The topological polar surface area (TPSA) is 49.4 Å². The molecular weight excluding hydrogens is 271 g/mol. The lowest BCUT2D eigenvalue weighted by Crippen LogP contribution is -2.36. The van der Waals surface area contributed by atoms with E-state index >= 15 is 0 Å². The average Bonchev–Trinajstić information content (AvgIpc) is 2.73. The maximum atomic E-state index is 13.9. The summed E-state index contributed by atoms with van der Waals surface area (Å²) in [6.45, 7) is 3.00. The molecule has 1 aromatic rings. The quantitative estimate of drug-likeness (QED) is 0.668. The van der Waals surface area contributed by atoms with Crippen LogP contribution in [0.1, 0.15) is 34.1 Å². The first-order valence-electron chi connectivity index (χ1n) is 7.08. The molecule has 5 heteroatoms. The van der Waals surface area contributed by atoms with Crippen molar-refractivity contribution < 1.29 is 14.0 Å². The Labute approximate surface area is 122 Å². The molecule has 0 saturated carbocycles. The van der Waals surface area contributed by atoms with Crippen molar-refractivity contribution in [2.75, 3.05) is 19.6 Å². The number of alkyl halides is 1. The molecule has 1 unspecified atom stereocenters. The third-order valence-corrected chi connectivity index (χ3v) is 4.09. The van der Waals surface area contributed by atoms with Gasteiger partial charge in [0.1, 0.15) is 6.17 Å². The van der Waals surface area contributed by atoms with Crippen LogP contribution in [0.2, 0.25) is 0 Å². The van der Waals surface area contributed by atoms with E-state index in [9.17, 15) is 14.0 Å². The van der Waals surface area contributed by atoms with E-state index in [0.717, 1.165) is 12.1 Å². The highest BCUT2D eigenvalue weighted by Crippen LogP contribution is 2.25. The molecule has 21 heavy (non-hydrogen) atoms. The summed E-state index contributed by atoms with van der Waals surface area (Å²) in [4.78, 5) is 25.8. The number of nitrogens with one attached hydrogen (secondary N) is 1. The Morgan fingerprint density at radius 1 is 1.29 bits per heavy atom. The summed E-state index contributed by atoms with van der Waals surface area (Å²) < 4.78 is 13.9. The van der Waals surface area contributed by atoms with Crippen molar-refractivity contribution in [2.45, 2.75) is 19.5 Å². The number of hydrogen-bond donors (Lipinski definition) is 1. The lowest BCUT2D eigenvalue weighted by molar-refractivity contribution is 0.0667. The predicted molar refractivity (Wildman–Crippen MR) is 76.9 cm³/mol. The van der Waals surface area contributed by atoms with E-state index in [4.69, 9.17) is 0 Å². The number of benzene rings is 1. The molecule has 1 saturated heterocycles. The molecule has 0 aromatic heterocycles. The monoisotopic (exact) mass is 288 g/mol. The van der Waals surface area contributed by atoms with Crippen molar-refractivity contribution in [1.29, 1.82) is 0 Å². The van der Waals surface area contributed by atoms with Crippen LogP contribution in [0.4, 0.5) is 4.39 Å². The Balaban J connectivity index is 1.85. The molecule has 1 N–H and O–H groups in total.